The van der Waals surface area contributed by atoms with E-state index in [0.29, 0.717) is 6.54 Å². The predicted octanol–water partition coefficient (Wildman–Crippen LogP) is 3.92. The Balaban J connectivity index is 2.17. The molecule has 0 spiro atoms. The fourth-order valence-electron chi connectivity index (χ4n) is 2.80. The van der Waals surface area contributed by atoms with Gasteiger partial charge >= 0.3 is 6.09 Å². The van der Waals surface area contributed by atoms with Gasteiger partial charge in [-0.15, -0.1) is 0 Å². The molecular formula is C16H14INO2. The van der Waals surface area contributed by atoms with E-state index in [1.165, 1.54) is 5.56 Å². The van der Waals surface area contributed by atoms with Crippen molar-refractivity contribution in [1.29, 1.82) is 0 Å². The van der Waals surface area contributed by atoms with Crippen molar-refractivity contribution in [3.8, 4) is 0 Å². The zero-order chi connectivity index (χ0) is 14.1. The molecule has 0 saturated heterocycles. The van der Waals surface area contributed by atoms with Gasteiger partial charge in [-0.2, -0.15) is 0 Å². The molecule has 0 bridgehead atoms. The van der Waals surface area contributed by atoms with Gasteiger partial charge in [0.15, 0.2) is 0 Å². The van der Waals surface area contributed by atoms with Gasteiger partial charge in [0.05, 0.1) is 6.04 Å². The second-order valence-electron chi connectivity index (χ2n) is 4.85. The Morgan fingerprint density at radius 2 is 1.75 bits per heavy atom. The van der Waals surface area contributed by atoms with E-state index in [4.69, 9.17) is 0 Å². The summed E-state index contributed by atoms with van der Waals surface area (Å²) >= 11 is 2.28. The normalized spacial score (nSPS) is 17.6. The van der Waals surface area contributed by atoms with Crippen LogP contribution in [0.2, 0.25) is 0 Å². The van der Waals surface area contributed by atoms with Crippen LogP contribution < -0.4 is 0 Å². The molecule has 1 amide bonds. The van der Waals surface area contributed by atoms with Crippen molar-refractivity contribution >= 4 is 28.7 Å². The highest BCUT2D eigenvalue weighted by Crippen LogP contribution is 2.36. The molecule has 0 saturated carbocycles. The summed E-state index contributed by atoms with van der Waals surface area (Å²) < 4.78 is 1.10. The fourth-order valence-corrected chi connectivity index (χ4v) is 3.49. The van der Waals surface area contributed by atoms with Gasteiger partial charge in [0.2, 0.25) is 0 Å². The lowest BCUT2D eigenvalue weighted by atomic mass is 9.88. The van der Waals surface area contributed by atoms with E-state index in [1.54, 1.807) is 4.90 Å². The predicted molar refractivity (Wildman–Crippen MR) is 85.9 cm³/mol. The van der Waals surface area contributed by atoms with Crippen LogP contribution in [-0.4, -0.2) is 22.6 Å². The van der Waals surface area contributed by atoms with Crippen LogP contribution in [0.3, 0.4) is 0 Å². The summed E-state index contributed by atoms with van der Waals surface area (Å²) in [7, 11) is 0. The molecule has 3 rings (SSSR count). The standard InChI is InChI=1S/C16H14INO2/c17-14-8-4-3-7-13(14)15-12-6-2-1-5-11(12)9-10-18(15)16(19)20/h1-8,15H,9-10H2,(H,19,20)/t15-/m0/s1. The molecule has 3 nitrogen and oxygen atoms in total. The first-order chi connectivity index (χ1) is 9.68. The Kier molecular flexibility index (Phi) is 3.65. The van der Waals surface area contributed by atoms with Crippen LogP contribution in [0.4, 0.5) is 4.79 Å². The number of hydrogen-bond acceptors (Lipinski definition) is 1. The van der Waals surface area contributed by atoms with Crippen molar-refractivity contribution in [2.24, 2.45) is 0 Å². The molecule has 4 heteroatoms. The molecule has 0 unspecified atom stereocenters. The van der Waals surface area contributed by atoms with E-state index < -0.39 is 6.09 Å². The van der Waals surface area contributed by atoms with E-state index in [2.05, 4.69) is 28.7 Å². The molecule has 0 fully saturated rings. The average molecular weight is 379 g/mol. The van der Waals surface area contributed by atoms with Crippen molar-refractivity contribution in [2.45, 2.75) is 12.5 Å². The second kappa shape index (κ2) is 5.44. The maximum Gasteiger partial charge on any atom is 0.408 e. The van der Waals surface area contributed by atoms with Crippen LogP contribution >= 0.6 is 22.6 Å². The van der Waals surface area contributed by atoms with Crippen molar-refractivity contribution < 1.29 is 9.90 Å². The quantitative estimate of drug-likeness (QED) is 0.764. The second-order valence-corrected chi connectivity index (χ2v) is 6.01. The fraction of sp³-hybridized carbons (Fsp3) is 0.188. The molecule has 1 atom stereocenters. The third-order valence-electron chi connectivity index (χ3n) is 3.73. The van der Waals surface area contributed by atoms with Crippen molar-refractivity contribution in [2.75, 3.05) is 6.54 Å². The molecule has 20 heavy (non-hydrogen) atoms. The third-order valence-corrected chi connectivity index (χ3v) is 4.71. The summed E-state index contributed by atoms with van der Waals surface area (Å²) in [5.41, 5.74) is 3.41. The van der Waals surface area contributed by atoms with Crippen LogP contribution in [0.15, 0.2) is 48.5 Å². The summed E-state index contributed by atoms with van der Waals surface area (Å²) in [6.45, 7) is 0.544. The summed E-state index contributed by atoms with van der Waals surface area (Å²) in [4.78, 5) is 13.1. The molecule has 0 radical (unpaired) electrons. The summed E-state index contributed by atoms with van der Waals surface area (Å²) in [5, 5.41) is 9.51. The molecule has 1 aliphatic heterocycles. The number of nitrogens with zero attached hydrogens (tertiary/aromatic N) is 1. The molecular weight excluding hydrogens is 365 g/mol. The number of halogens is 1. The number of amides is 1. The van der Waals surface area contributed by atoms with E-state index >= 15 is 0 Å². The highest BCUT2D eigenvalue weighted by Gasteiger charge is 2.32. The SMILES string of the molecule is O=C(O)N1CCc2ccccc2[C@H]1c1ccccc1I. The minimum Gasteiger partial charge on any atom is -0.465 e. The van der Waals surface area contributed by atoms with Gasteiger partial charge < -0.3 is 5.11 Å². The van der Waals surface area contributed by atoms with Crippen molar-refractivity contribution in [1.82, 2.24) is 4.90 Å². The lowest BCUT2D eigenvalue weighted by Crippen LogP contribution is -2.40. The van der Waals surface area contributed by atoms with Crippen LogP contribution in [0.5, 0.6) is 0 Å². The number of carbonyl (C=O) groups is 1. The Labute approximate surface area is 131 Å². The van der Waals surface area contributed by atoms with Crippen molar-refractivity contribution in [3.05, 3.63) is 68.8 Å². The first-order valence-electron chi connectivity index (χ1n) is 6.50. The maximum absolute atomic E-state index is 11.6. The van der Waals surface area contributed by atoms with E-state index in [9.17, 15) is 9.90 Å². The highest BCUT2D eigenvalue weighted by atomic mass is 127. The first-order valence-corrected chi connectivity index (χ1v) is 7.58. The molecule has 2 aromatic carbocycles. The minimum atomic E-state index is -0.857. The Bertz CT molecular complexity index is 656. The third kappa shape index (κ3) is 2.28. The molecule has 2 aromatic rings. The molecule has 1 heterocycles. The van der Waals surface area contributed by atoms with E-state index in [0.717, 1.165) is 21.1 Å². The van der Waals surface area contributed by atoms with Gasteiger partial charge in [-0.1, -0.05) is 42.5 Å². The lowest BCUT2D eigenvalue weighted by molar-refractivity contribution is 0.129. The summed E-state index contributed by atoms with van der Waals surface area (Å²) in [5.74, 6) is 0. The minimum absolute atomic E-state index is 0.203. The molecule has 0 aliphatic carbocycles. The zero-order valence-corrected chi connectivity index (χ0v) is 12.9. The van der Waals surface area contributed by atoms with Gasteiger partial charge in [-0.3, -0.25) is 4.90 Å². The van der Waals surface area contributed by atoms with Gasteiger partial charge in [0, 0.05) is 10.1 Å². The number of rotatable bonds is 1. The number of fused-ring (bicyclic) bond motifs is 1. The monoisotopic (exact) mass is 379 g/mol. The Morgan fingerprint density at radius 1 is 1.10 bits per heavy atom. The number of hydrogen-bond donors (Lipinski definition) is 1. The van der Waals surface area contributed by atoms with Gasteiger partial charge in [0.1, 0.15) is 0 Å². The number of carboxylic acid groups (broad SMARTS) is 1. The van der Waals surface area contributed by atoms with E-state index in [1.807, 2.05) is 42.5 Å². The number of benzene rings is 2. The van der Waals surface area contributed by atoms with Crippen LogP contribution in [0, 0.1) is 3.57 Å². The van der Waals surface area contributed by atoms with Gasteiger partial charge in [0.25, 0.3) is 0 Å². The summed E-state index contributed by atoms with van der Waals surface area (Å²) in [6.07, 6.45) is -0.0771. The summed E-state index contributed by atoms with van der Waals surface area (Å²) in [6, 6.07) is 15.9. The zero-order valence-electron chi connectivity index (χ0n) is 10.8. The topological polar surface area (TPSA) is 40.5 Å². The Hall–Kier alpha value is -1.56. The largest absolute Gasteiger partial charge is 0.465 e. The molecule has 1 aliphatic rings. The van der Waals surface area contributed by atoms with Crippen LogP contribution in [0.25, 0.3) is 0 Å². The Morgan fingerprint density at radius 3 is 2.45 bits per heavy atom. The van der Waals surface area contributed by atoms with Gasteiger partial charge in [-0.25, -0.2) is 4.79 Å². The van der Waals surface area contributed by atoms with E-state index in [-0.39, 0.29) is 6.04 Å². The van der Waals surface area contributed by atoms with Crippen LogP contribution in [-0.2, 0) is 6.42 Å². The van der Waals surface area contributed by atoms with Crippen molar-refractivity contribution in [3.63, 3.8) is 0 Å². The average Bonchev–Trinajstić information content (AvgIpc) is 2.46. The molecule has 0 aromatic heterocycles. The molecule has 1 N–H and O–H groups in total. The van der Waals surface area contributed by atoms with Crippen LogP contribution in [0.1, 0.15) is 22.7 Å². The maximum atomic E-state index is 11.6. The first kappa shape index (κ1) is 13.4. The van der Waals surface area contributed by atoms with Gasteiger partial charge in [-0.05, 0) is 51.8 Å². The highest BCUT2D eigenvalue weighted by molar-refractivity contribution is 14.1. The lowest BCUT2D eigenvalue weighted by Gasteiger charge is -2.36. The molecule has 102 valence electrons. The smallest absolute Gasteiger partial charge is 0.408 e.